The Hall–Kier alpha value is -1.07. The molecule has 114 valence electrons. The second-order valence-corrected chi connectivity index (χ2v) is 7.06. The Morgan fingerprint density at radius 2 is 1.85 bits per heavy atom. The molecule has 0 bridgehead atoms. The van der Waals surface area contributed by atoms with Crippen LogP contribution in [-0.4, -0.2) is 33.9 Å². The van der Waals surface area contributed by atoms with Crippen LogP contribution in [0.1, 0.15) is 33.1 Å². The van der Waals surface area contributed by atoms with E-state index in [9.17, 15) is 8.42 Å². The fraction of sp³-hybridized carbons (Fsp3) is 0.600. The number of nitrogens with one attached hydrogen (secondary N) is 1. The van der Waals surface area contributed by atoms with Crippen molar-refractivity contribution in [2.75, 3.05) is 19.4 Å². The third-order valence-corrected chi connectivity index (χ3v) is 5.09. The number of sulfone groups is 1. The molecule has 0 radical (unpaired) electrons. The maximum Gasteiger partial charge on any atom is 0.178 e. The smallest absolute Gasteiger partial charge is 0.178 e. The van der Waals surface area contributed by atoms with Gasteiger partial charge in [-0.1, -0.05) is 13.3 Å². The lowest BCUT2D eigenvalue weighted by Gasteiger charge is -2.11. The van der Waals surface area contributed by atoms with E-state index in [1.165, 1.54) is 0 Å². The van der Waals surface area contributed by atoms with Crippen LogP contribution in [0.3, 0.4) is 0 Å². The molecule has 0 saturated heterocycles. The van der Waals surface area contributed by atoms with Gasteiger partial charge in [-0.05, 0) is 50.6 Å². The van der Waals surface area contributed by atoms with Crippen LogP contribution in [0.25, 0.3) is 0 Å². The van der Waals surface area contributed by atoms with Crippen molar-refractivity contribution in [1.82, 2.24) is 5.32 Å². The minimum atomic E-state index is -3.17. The quantitative estimate of drug-likeness (QED) is 0.712. The fourth-order valence-corrected chi connectivity index (χ4v) is 3.46. The summed E-state index contributed by atoms with van der Waals surface area (Å²) in [7, 11) is -1.61. The molecule has 20 heavy (non-hydrogen) atoms. The minimum Gasteiger partial charge on any atom is -0.497 e. The predicted molar refractivity (Wildman–Crippen MR) is 82.0 cm³/mol. The van der Waals surface area contributed by atoms with Gasteiger partial charge in [-0.3, -0.25) is 0 Å². The van der Waals surface area contributed by atoms with Gasteiger partial charge in [0.15, 0.2) is 9.84 Å². The highest BCUT2D eigenvalue weighted by Gasteiger charge is 2.14. The summed E-state index contributed by atoms with van der Waals surface area (Å²) in [4.78, 5) is 0.373. The first kappa shape index (κ1) is 17.0. The van der Waals surface area contributed by atoms with Gasteiger partial charge in [0.05, 0.1) is 17.8 Å². The van der Waals surface area contributed by atoms with Crippen LogP contribution in [0.15, 0.2) is 29.2 Å². The molecule has 1 rings (SSSR count). The molecule has 0 fully saturated rings. The highest BCUT2D eigenvalue weighted by atomic mass is 32.2. The summed E-state index contributed by atoms with van der Waals surface area (Å²) in [5, 5.41) is 3.32. The Morgan fingerprint density at radius 3 is 2.40 bits per heavy atom. The summed E-state index contributed by atoms with van der Waals surface area (Å²) in [6, 6.07) is 7.02. The van der Waals surface area contributed by atoms with E-state index in [0.29, 0.717) is 23.1 Å². The van der Waals surface area contributed by atoms with Crippen molar-refractivity contribution in [3.8, 4) is 5.75 Å². The van der Waals surface area contributed by atoms with Crippen LogP contribution in [0.5, 0.6) is 5.75 Å². The maximum atomic E-state index is 12.1. The number of hydrogen-bond donors (Lipinski definition) is 1. The SMILES string of the molecule is CCNC(C)CCCCS(=O)(=O)c1ccc(OC)cc1. The predicted octanol–water partition coefficient (Wildman–Crippen LogP) is 2.64. The molecule has 1 N–H and O–H groups in total. The lowest BCUT2D eigenvalue weighted by molar-refractivity contribution is 0.414. The van der Waals surface area contributed by atoms with Gasteiger partial charge in [0, 0.05) is 6.04 Å². The first-order chi connectivity index (χ1) is 9.49. The largest absolute Gasteiger partial charge is 0.497 e. The Bertz CT molecular complexity index is 482. The summed E-state index contributed by atoms with van der Waals surface area (Å²) in [6.45, 7) is 5.15. The fourth-order valence-electron chi connectivity index (χ4n) is 2.09. The second kappa shape index (κ2) is 8.27. The van der Waals surface area contributed by atoms with Crippen LogP contribution in [0, 0.1) is 0 Å². The van der Waals surface area contributed by atoms with E-state index in [-0.39, 0.29) is 5.75 Å². The van der Waals surface area contributed by atoms with Crippen molar-refractivity contribution in [3.63, 3.8) is 0 Å². The zero-order valence-electron chi connectivity index (χ0n) is 12.6. The molecular weight excluding hydrogens is 274 g/mol. The molecule has 0 heterocycles. The summed E-state index contributed by atoms with van der Waals surface area (Å²) >= 11 is 0. The van der Waals surface area contributed by atoms with Crippen molar-refractivity contribution in [1.29, 1.82) is 0 Å². The highest BCUT2D eigenvalue weighted by Crippen LogP contribution is 2.18. The van der Waals surface area contributed by atoms with Crippen molar-refractivity contribution in [2.45, 2.75) is 44.0 Å². The Balaban J connectivity index is 2.45. The van der Waals surface area contributed by atoms with Gasteiger partial charge < -0.3 is 10.1 Å². The molecule has 0 aromatic heterocycles. The van der Waals surface area contributed by atoms with Crippen molar-refractivity contribution < 1.29 is 13.2 Å². The Morgan fingerprint density at radius 1 is 1.20 bits per heavy atom. The first-order valence-corrected chi connectivity index (χ1v) is 8.75. The topological polar surface area (TPSA) is 55.4 Å². The molecule has 1 unspecified atom stereocenters. The van der Waals surface area contributed by atoms with Crippen LogP contribution in [-0.2, 0) is 9.84 Å². The summed E-state index contributed by atoms with van der Waals surface area (Å²) in [6.07, 6.45) is 2.62. The van der Waals surface area contributed by atoms with E-state index in [4.69, 9.17) is 4.74 Å². The molecule has 4 nitrogen and oxygen atoms in total. The van der Waals surface area contributed by atoms with Crippen molar-refractivity contribution in [3.05, 3.63) is 24.3 Å². The van der Waals surface area contributed by atoms with E-state index in [2.05, 4.69) is 19.2 Å². The van der Waals surface area contributed by atoms with Crippen molar-refractivity contribution in [2.24, 2.45) is 0 Å². The number of benzene rings is 1. The number of unbranched alkanes of at least 4 members (excludes halogenated alkanes) is 1. The molecule has 0 aliphatic heterocycles. The standard InChI is InChI=1S/C15H25NO3S/c1-4-16-13(2)7-5-6-12-20(17,18)15-10-8-14(19-3)9-11-15/h8-11,13,16H,4-7,12H2,1-3H3. The molecular formula is C15H25NO3S. The summed E-state index contributed by atoms with van der Waals surface area (Å²) in [5.74, 6) is 0.876. The average Bonchev–Trinajstić information content (AvgIpc) is 2.44. The van der Waals surface area contributed by atoms with E-state index < -0.39 is 9.84 Å². The van der Waals surface area contributed by atoms with E-state index in [0.717, 1.165) is 19.4 Å². The van der Waals surface area contributed by atoms with E-state index in [1.807, 2.05) is 0 Å². The van der Waals surface area contributed by atoms with Gasteiger partial charge in [-0.2, -0.15) is 0 Å². The molecule has 1 aromatic carbocycles. The highest BCUT2D eigenvalue weighted by molar-refractivity contribution is 7.91. The average molecular weight is 299 g/mol. The molecule has 1 atom stereocenters. The van der Waals surface area contributed by atoms with E-state index >= 15 is 0 Å². The molecule has 0 aliphatic rings. The van der Waals surface area contributed by atoms with Crippen LogP contribution >= 0.6 is 0 Å². The third kappa shape index (κ3) is 5.51. The van der Waals surface area contributed by atoms with E-state index in [1.54, 1.807) is 31.4 Å². The van der Waals surface area contributed by atoms with Gasteiger partial charge in [-0.25, -0.2) is 8.42 Å². The van der Waals surface area contributed by atoms with Gasteiger partial charge in [-0.15, -0.1) is 0 Å². The zero-order chi connectivity index (χ0) is 15.0. The van der Waals surface area contributed by atoms with Gasteiger partial charge in [0.25, 0.3) is 0 Å². The number of methoxy groups -OCH3 is 1. The monoisotopic (exact) mass is 299 g/mol. The van der Waals surface area contributed by atoms with Gasteiger partial charge in [0.1, 0.15) is 5.75 Å². The first-order valence-electron chi connectivity index (χ1n) is 7.09. The second-order valence-electron chi connectivity index (χ2n) is 4.95. The van der Waals surface area contributed by atoms with Crippen LogP contribution in [0.2, 0.25) is 0 Å². The summed E-state index contributed by atoms with van der Waals surface area (Å²) < 4.78 is 29.3. The lowest BCUT2D eigenvalue weighted by atomic mass is 10.1. The third-order valence-electron chi connectivity index (χ3n) is 3.27. The molecule has 1 aromatic rings. The van der Waals surface area contributed by atoms with Gasteiger partial charge >= 0.3 is 0 Å². The molecule has 0 saturated carbocycles. The molecule has 0 spiro atoms. The van der Waals surface area contributed by atoms with Gasteiger partial charge in [0.2, 0.25) is 0 Å². The van der Waals surface area contributed by atoms with Crippen molar-refractivity contribution >= 4 is 9.84 Å². The number of hydrogen-bond acceptors (Lipinski definition) is 4. The number of rotatable bonds is 9. The van der Waals surface area contributed by atoms with Crippen LogP contribution < -0.4 is 10.1 Å². The minimum absolute atomic E-state index is 0.207. The number of ether oxygens (including phenoxy) is 1. The Labute approximate surface area is 122 Å². The zero-order valence-corrected chi connectivity index (χ0v) is 13.4. The Kier molecular flexibility index (Phi) is 7.02. The summed E-state index contributed by atoms with van der Waals surface area (Å²) in [5.41, 5.74) is 0. The molecule has 5 heteroatoms. The molecule has 0 aliphatic carbocycles. The molecule has 0 amide bonds. The lowest BCUT2D eigenvalue weighted by Crippen LogP contribution is -2.25. The normalized spacial score (nSPS) is 13.2. The van der Waals surface area contributed by atoms with Crippen LogP contribution in [0.4, 0.5) is 0 Å². The maximum absolute atomic E-state index is 12.1.